The number of hydrogen-bond acceptors (Lipinski definition) is 2. The highest BCUT2D eigenvalue weighted by Crippen LogP contribution is 2.28. The maximum atomic E-state index is 8.00. The average Bonchev–Trinajstić information content (AvgIpc) is 2.57. The molecule has 25 heavy (non-hydrogen) atoms. The Morgan fingerprint density at radius 3 is 1.36 bits per heavy atom. The van der Waals surface area contributed by atoms with E-state index in [0.29, 0.717) is 0 Å². The molecule has 0 bridgehead atoms. The molecule has 0 N–H and O–H groups in total. The van der Waals surface area contributed by atoms with Crippen LogP contribution in [0.1, 0.15) is 47.1 Å². The van der Waals surface area contributed by atoms with Gasteiger partial charge in [-0.15, -0.1) is 13.2 Å². The highest BCUT2D eigenvalue weighted by atomic mass is 16.5. The van der Waals surface area contributed by atoms with Gasteiger partial charge in [-0.25, -0.2) is 0 Å². The van der Waals surface area contributed by atoms with Crippen LogP contribution in [0.15, 0.2) is 61.7 Å². The van der Waals surface area contributed by atoms with Crippen LogP contribution in [0, 0.1) is 0 Å². The molecule has 0 aliphatic carbocycles. The van der Waals surface area contributed by atoms with E-state index in [2.05, 4.69) is 91.1 Å². The van der Waals surface area contributed by atoms with E-state index >= 15 is 0 Å². The van der Waals surface area contributed by atoms with Crippen LogP contribution in [-0.4, -0.2) is 12.4 Å². The summed E-state index contributed by atoms with van der Waals surface area (Å²) in [5, 5.41) is 0. The zero-order valence-corrected chi connectivity index (χ0v) is 16.6. The van der Waals surface area contributed by atoms with E-state index in [9.17, 15) is 0 Å². The number of ether oxygens (including phenoxy) is 1. The van der Waals surface area contributed by atoms with Crippen molar-refractivity contribution >= 4 is 6.79 Å². The number of carbonyl (C=O) groups excluding carboxylic acids is 1. The number of benzene rings is 2. The fourth-order valence-electron chi connectivity index (χ4n) is 2.23. The van der Waals surface area contributed by atoms with Crippen LogP contribution in [0.3, 0.4) is 0 Å². The molecule has 2 aromatic carbocycles. The van der Waals surface area contributed by atoms with Crippen molar-refractivity contribution in [3.63, 3.8) is 0 Å². The van der Waals surface area contributed by atoms with Gasteiger partial charge in [-0.1, -0.05) is 57.2 Å². The highest BCUT2D eigenvalue weighted by Gasteiger charge is 2.13. The molecular weight excluding hydrogens is 308 g/mol. The lowest BCUT2D eigenvalue weighted by molar-refractivity contribution is -0.0979. The Kier molecular flexibility index (Phi) is 8.90. The summed E-state index contributed by atoms with van der Waals surface area (Å²) in [4.78, 5) is 8.00. The fourth-order valence-corrected chi connectivity index (χ4v) is 2.23. The second kappa shape index (κ2) is 9.83. The molecule has 2 heteroatoms. The quantitative estimate of drug-likeness (QED) is 0.588. The molecule has 2 aromatic rings. The maximum Gasteiger partial charge on any atom is 0.120 e. The summed E-state index contributed by atoms with van der Waals surface area (Å²) < 4.78 is 5.86. The third kappa shape index (κ3) is 7.84. The molecule has 136 valence electrons. The zero-order chi connectivity index (χ0) is 19.7. The van der Waals surface area contributed by atoms with Crippen LogP contribution in [0.25, 0.3) is 11.1 Å². The topological polar surface area (TPSA) is 26.3 Å². The molecule has 0 aliphatic heterocycles. The maximum absolute atomic E-state index is 8.00. The largest absolute Gasteiger partial charge is 0.488 e. The smallest absolute Gasteiger partial charge is 0.120 e. The van der Waals surface area contributed by atoms with Gasteiger partial charge in [0.25, 0.3) is 0 Å². The third-order valence-corrected chi connectivity index (χ3v) is 3.36. The van der Waals surface area contributed by atoms with E-state index < -0.39 is 0 Å². The second-order valence-electron chi connectivity index (χ2n) is 7.57. The number of carbonyl (C=O) groups is 1. The molecular formula is C23H32O2. The lowest BCUT2D eigenvalue weighted by Crippen LogP contribution is -2.22. The van der Waals surface area contributed by atoms with Crippen LogP contribution in [0.4, 0.5) is 0 Å². The Morgan fingerprint density at radius 2 is 1.04 bits per heavy atom. The van der Waals surface area contributed by atoms with Gasteiger partial charge in [-0.3, -0.25) is 0 Å². The van der Waals surface area contributed by atoms with Crippen LogP contribution in [0.5, 0.6) is 5.75 Å². The summed E-state index contributed by atoms with van der Waals surface area (Å²) in [6.45, 7) is 20.9. The summed E-state index contributed by atoms with van der Waals surface area (Å²) in [6, 6.07) is 17.1. The van der Waals surface area contributed by atoms with Crippen molar-refractivity contribution in [1.82, 2.24) is 0 Å². The van der Waals surface area contributed by atoms with Gasteiger partial charge in [0.1, 0.15) is 18.1 Å². The van der Waals surface area contributed by atoms with Crippen molar-refractivity contribution < 1.29 is 9.53 Å². The molecule has 0 amide bonds. The van der Waals surface area contributed by atoms with E-state index in [1.165, 1.54) is 16.7 Å². The Hall–Kier alpha value is -2.35. The summed E-state index contributed by atoms with van der Waals surface area (Å²) in [5.74, 6) is 0.914. The minimum atomic E-state index is -0.157. The molecule has 0 heterocycles. The predicted octanol–water partition coefficient (Wildman–Crippen LogP) is 6.45. The molecule has 0 unspecified atom stereocenters. The van der Waals surface area contributed by atoms with Crippen LogP contribution < -0.4 is 4.74 Å². The van der Waals surface area contributed by atoms with Crippen molar-refractivity contribution in [2.75, 3.05) is 0 Å². The van der Waals surface area contributed by atoms with E-state index in [1.54, 1.807) is 0 Å². The summed E-state index contributed by atoms with van der Waals surface area (Å²) in [7, 11) is 0. The summed E-state index contributed by atoms with van der Waals surface area (Å²) >= 11 is 0. The second-order valence-corrected chi connectivity index (χ2v) is 7.57. The van der Waals surface area contributed by atoms with E-state index in [0.717, 1.165) is 5.75 Å². The van der Waals surface area contributed by atoms with E-state index in [1.807, 2.05) is 18.9 Å². The van der Waals surface area contributed by atoms with Crippen molar-refractivity contribution in [3.05, 3.63) is 67.3 Å². The lowest BCUT2D eigenvalue weighted by Gasteiger charge is -2.21. The molecule has 0 aliphatic rings. The first-order valence-corrected chi connectivity index (χ1v) is 8.34. The molecule has 0 saturated heterocycles. The monoisotopic (exact) mass is 340 g/mol. The molecule has 0 saturated carbocycles. The SMILES string of the molecule is C=C.C=O.CC(C)(C)Oc1ccc(-c2ccc(C(C)(C)C)cc2)cc1. The minimum Gasteiger partial charge on any atom is -0.488 e. The van der Waals surface area contributed by atoms with Crippen molar-refractivity contribution in [1.29, 1.82) is 0 Å². The Labute approximate surface area is 153 Å². The van der Waals surface area contributed by atoms with Crippen LogP contribution in [0.2, 0.25) is 0 Å². The van der Waals surface area contributed by atoms with E-state index in [-0.39, 0.29) is 11.0 Å². The highest BCUT2D eigenvalue weighted by molar-refractivity contribution is 5.64. The lowest BCUT2D eigenvalue weighted by atomic mass is 9.86. The zero-order valence-electron chi connectivity index (χ0n) is 16.6. The fraction of sp³-hybridized carbons (Fsp3) is 0.348. The number of rotatable bonds is 2. The standard InChI is InChI=1S/C20H26O.C2H4.CH2O/c1-19(2,3)17-11-7-15(8-12-17)16-9-13-18(14-10-16)21-20(4,5)6;2*1-2/h7-14H,1-6H3;1-2H2;1H2. The predicted molar refractivity (Wildman–Crippen MR) is 109 cm³/mol. The van der Waals surface area contributed by atoms with Gasteiger partial charge in [-0.2, -0.15) is 0 Å². The van der Waals surface area contributed by atoms with Gasteiger partial charge in [0.15, 0.2) is 0 Å². The Morgan fingerprint density at radius 1 is 0.680 bits per heavy atom. The van der Waals surface area contributed by atoms with Gasteiger partial charge in [0, 0.05) is 0 Å². The molecule has 0 atom stereocenters. The van der Waals surface area contributed by atoms with E-state index in [4.69, 9.17) is 9.53 Å². The van der Waals surface area contributed by atoms with Crippen LogP contribution in [-0.2, 0) is 10.2 Å². The van der Waals surface area contributed by atoms with Crippen molar-refractivity contribution in [2.45, 2.75) is 52.6 Å². The van der Waals surface area contributed by atoms with Crippen molar-refractivity contribution in [2.24, 2.45) is 0 Å². The normalized spacial score (nSPS) is 10.6. The first-order valence-electron chi connectivity index (χ1n) is 8.34. The van der Waals surface area contributed by atoms with Gasteiger partial charge < -0.3 is 9.53 Å². The molecule has 2 nitrogen and oxygen atoms in total. The first-order chi connectivity index (χ1) is 11.6. The van der Waals surface area contributed by atoms with Gasteiger partial charge in [0.2, 0.25) is 0 Å². The molecule has 2 rings (SSSR count). The average molecular weight is 341 g/mol. The summed E-state index contributed by atoms with van der Waals surface area (Å²) in [5.41, 5.74) is 3.86. The minimum absolute atomic E-state index is 0.157. The van der Waals surface area contributed by atoms with Gasteiger partial charge in [-0.05, 0) is 55.0 Å². The van der Waals surface area contributed by atoms with Crippen molar-refractivity contribution in [3.8, 4) is 16.9 Å². The molecule has 0 radical (unpaired) electrons. The van der Waals surface area contributed by atoms with Gasteiger partial charge >= 0.3 is 0 Å². The Balaban J connectivity index is 0.00000134. The summed E-state index contributed by atoms with van der Waals surface area (Å²) in [6.07, 6.45) is 0. The first kappa shape index (κ1) is 22.7. The third-order valence-electron chi connectivity index (χ3n) is 3.36. The molecule has 0 fully saturated rings. The molecule has 0 aromatic heterocycles. The molecule has 0 spiro atoms. The number of hydrogen-bond donors (Lipinski definition) is 0. The van der Waals surface area contributed by atoms with Gasteiger partial charge in [0.05, 0.1) is 0 Å². The van der Waals surface area contributed by atoms with Crippen LogP contribution >= 0.6 is 0 Å². The Bertz CT molecular complexity index is 609.